The van der Waals surface area contributed by atoms with Gasteiger partial charge in [0.15, 0.2) is 0 Å². The van der Waals surface area contributed by atoms with E-state index in [0.29, 0.717) is 10.7 Å². The Kier molecular flexibility index (Phi) is 3.49. The van der Waals surface area contributed by atoms with Crippen molar-refractivity contribution in [1.29, 1.82) is 0 Å². The van der Waals surface area contributed by atoms with Crippen LogP contribution in [-0.4, -0.2) is 17.0 Å². The summed E-state index contributed by atoms with van der Waals surface area (Å²) in [6.07, 6.45) is 4.64. The van der Waals surface area contributed by atoms with Gasteiger partial charge in [0.1, 0.15) is 0 Å². The second-order valence-electron chi connectivity index (χ2n) is 5.76. The summed E-state index contributed by atoms with van der Waals surface area (Å²) in [7, 11) is 0. The molecule has 5 heteroatoms. The van der Waals surface area contributed by atoms with Crippen LogP contribution in [0, 0.1) is 30.6 Å². The van der Waals surface area contributed by atoms with Crippen molar-refractivity contribution < 1.29 is 14.7 Å². The number of aliphatic carboxylic acids is 1. The van der Waals surface area contributed by atoms with Crippen LogP contribution in [0.1, 0.15) is 12.0 Å². The zero-order valence-corrected chi connectivity index (χ0v) is 12.3. The summed E-state index contributed by atoms with van der Waals surface area (Å²) < 4.78 is 0. The third kappa shape index (κ3) is 2.33. The van der Waals surface area contributed by atoms with Gasteiger partial charge in [-0.3, -0.25) is 9.59 Å². The van der Waals surface area contributed by atoms with Gasteiger partial charge in [-0.05, 0) is 36.8 Å². The highest BCUT2D eigenvalue weighted by atomic mass is 35.5. The molecule has 0 radical (unpaired) electrons. The molecule has 1 aromatic carbocycles. The normalized spacial score (nSPS) is 29.6. The molecule has 2 aliphatic rings. The van der Waals surface area contributed by atoms with E-state index in [9.17, 15) is 14.7 Å². The van der Waals surface area contributed by atoms with Gasteiger partial charge in [-0.1, -0.05) is 35.9 Å². The standard InChI is InChI=1S/C16H16ClNO3/c1-8-3-2-4-11(17)14(8)18-15(19)12-9-5-6-10(7-9)13(12)16(20)21/h2-6,9-10,12-13H,7H2,1H3,(H,18,19)(H,20,21)/t9-,10-,12+,13-/m0/s1. The number of carboxylic acids is 1. The first kappa shape index (κ1) is 14.1. The quantitative estimate of drug-likeness (QED) is 0.843. The maximum absolute atomic E-state index is 12.6. The maximum Gasteiger partial charge on any atom is 0.307 e. The molecule has 1 saturated carbocycles. The van der Waals surface area contributed by atoms with Crippen LogP contribution >= 0.6 is 11.6 Å². The monoisotopic (exact) mass is 305 g/mol. The van der Waals surface area contributed by atoms with E-state index in [0.717, 1.165) is 12.0 Å². The molecule has 4 nitrogen and oxygen atoms in total. The van der Waals surface area contributed by atoms with Crippen molar-refractivity contribution in [1.82, 2.24) is 0 Å². The Hall–Kier alpha value is -1.81. The first-order chi connectivity index (χ1) is 9.99. The van der Waals surface area contributed by atoms with E-state index < -0.39 is 17.8 Å². The summed E-state index contributed by atoms with van der Waals surface area (Å²) in [5, 5.41) is 12.7. The van der Waals surface area contributed by atoms with Crippen LogP contribution in [0.2, 0.25) is 5.02 Å². The first-order valence-electron chi connectivity index (χ1n) is 6.96. The van der Waals surface area contributed by atoms with E-state index in [1.807, 2.05) is 31.2 Å². The minimum Gasteiger partial charge on any atom is -0.481 e. The van der Waals surface area contributed by atoms with E-state index in [1.54, 1.807) is 6.07 Å². The zero-order valence-electron chi connectivity index (χ0n) is 11.5. The van der Waals surface area contributed by atoms with Crippen LogP contribution in [0.25, 0.3) is 0 Å². The number of halogens is 1. The number of carbonyl (C=O) groups is 2. The number of hydrogen-bond donors (Lipinski definition) is 2. The van der Waals surface area contributed by atoms with Gasteiger partial charge < -0.3 is 10.4 Å². The van der Waals surface area contributed by atoms with Gasteiger partial charge in [0.2, 0.25) is 5.91 Å². The van der Waals surface area contributed by atoms with Gasteiger partial charge in [-0.15, -0.1) is 0 Å². The highest BCUT2D eigenvalue weighted by Gasteiger charge is 2.51. The van der Waals surface area contributed by atoms with Crippen LogP contribution in [0.4, 0.5) is 5.69 Å². The van der Waals surface area contributed by atoms with Gasteiger partial charge >= 0.3 is 5.97 Å². The van der Waals surface area contributed by atoms with Gasteiger partial charge in [-0.25, -0.2) is 0 Å². The molecule has 21 heavy (non-hydrogen) atoms. The van der Waals surface area contributed by atoms with Crippen molar-refractivity contribution in [2.24, 2.45) is 23.7 Å². The predicted molar refractivity (Wildman–Crippen MR) is 80.2 cm³/mol. The van der Waals surface area contributed by atoms with E-state index in [2.05, 4.69) is 5.32 Å². The molecule has 0 aromatic heterocycles. The number of hydrogen-bond acceptors (Lipinski definition) is 2. The van der Waals surface area contributed by atoms with E-state index >= 15 is 0 Å². The molecule has 2 N–H and O–H groups in total. The lowest BCUT2D eigenvalue weighted by Gasteiger charge is -2.24. The van der Waals surface area contributed by atoms with Crippen molar-refractivity contribution in [3.63, 3.8) is 0 Å². The third-order valence-electron chi connectivity index (χ3n) is 4.52. The summed E-state index contributed by atoms with van der Waals surface area (Å²) in [5.74, 6) is -2.33. The van der Waals surface area contributed by atoms with Gasteiger partial charge in [0, 0.05) is 0 Å². The fraction of sp³-hybridized carbons (Fsp3) is 0.375. The second kappa shape index (κ2) is 5.19. The molecule has 4 atom stereocenters. The predicted octanol–water partition coefficient (Wildman–Crippen LogP) is 3.11. The lowest BCUT2D eigenvalue weighted by molar-refractivity contribution is -0.146. The molecule has 0 spiro atoms. The van der Waals surface area contributed by atoms with Gasteiger partial charge in [0.05, 0.1) is 22.5 Å². The lowest BCUT2D eigenvalue weighted by atomic mass is 9.82. The maximum atomic E-state index is 12.6. The molecular weight excluding hydrogens is 290 g/mol. The molecule has 1 amide bonds. The van der Waals surface area contributed by atoms with Crippen LogP contribution in [0.3, 0.4) is 0 Å². The van der Waals surface area contributed by atoms with Crippen molar-refractivity contribution in [3.8, 4) is 0 Å². The number of allylic oxidation sites excluding steroid dienone is 2. The summed E-state index contributed by atoms with van der Waals surface area (Å²) >= 11 is 6.11. The van der Waals surface area contributed by atoms with E-state index in [4.69, 9.17) is 11.6 Å². The Bertz CT molecular complexity index is 620. The van der Waals surface area contributed by atoms with Crippen LogP contribution in [0.5, 0.6) is 0 Å². The topological polar surface area (TPSA) is 66.4 Å². The average molecular weight is 306 g/mol. The number of fused-ring (bicyclic) bond motifs is 2. The fourth-order valence-electron chi connectivity index (χ4n) is 3.51. The number of carbonyl (C=O) groups excluding carboxylic acids is 1. The highest BCUT2D eigenvalue weighted by Crippen LogP contribution is 2.48. The summed E-state index contributed by atoms with van der Waals surface area (Å²) in [5.41, 5.74) is 1.43. The Morgan fingerprint density at radius 2 is 1.90 bits per heavy atom. The minimum atomic E-state index is -0.900. The molecule has 0 saturated heterocycles. The molecule has 1 fully saturated rings. The summed E-state index contributed by atoms with van der Waals surface area (Å²) in [4.78, 5) is 24.0. The molecule has 0 unspecified atom stereocenters. The number of nitrogens with one attached hydrogen (secondary N) is 1. The Labute approximate surface area is 127 Å². The molecule has 0 aliphatic heterocycles. The van der Waals surface area contributed by atoms with Gasteiger partial charge in [0.25, 0.3) is 0 Å². The number of aryl methyl sites for hydroxylation is 1. The zero-order chi connectivity index (χ0) is 15.1. The van der Waals surface area contributed by atoms with Crippen molar-refractivity contribution in [3.05, 3.63) is 40.9 Å². The van der Waals surface area contributed by atoms with E-state index in [1.165, 1.54) is 0 Å². The molecule has 0 heterocycles. The Morgan fingerprint density at radius 1 is 1.24 bits per heavy atom. The lowest BCUT2D eigenvalue weighted by Crippen LogP contribution is -2.36. The summed E-state index contributed by atoms with van der Waals surface area (Å²) in [6, 6.07) is 5.38. The molecule has 3 rings (SSSR count). The Morgan fingerprint density at radius 3 is 2.52 bits per heavy atom. The number of para-hydroxylation sites is 1. The van der Waals surface area contributed by atoms with Crippen molar-refractivity contribution in [2.45, 2.75) is 13.3 Å². The Balaban J connectivity index is 1.85. The highest BCUT2D eigenvalue weighted by molar-refractivity contribution is 6.34. The number of carboxylic acid groups (broad SMARTS) is 1. The van der Waals surface area contributed by atoms with Gasteiger partial charge in [-0.2, -0.15) is 0 Å². The first-order valence-corrected chi connectivity index (χ1v) is 7.34. The fourth-order valence-corrected chi connectivity index (χ4v) is 3.78. The molecule has 2 bridgehead atoms. The largest absolute Gasteiger partial charge is 0.481 e. The number of anilines is 1. The summed E-state index contributed by atoms with van der Waals surface area (Å²) in [6.45, 7) is 1.86. The average Bonchev–Trinajstić information content (AvgIpc) is 3.03. The molecule has 1 aromatic rings. The SMILES string of the molecule is Cc1cccc(Cl)c1NC(=O)[C@H]1[C@@H](C(=O)O)[C@H]2C=C[C@H]1C2. The molecule has 2 aliphatic carbocycles. The van der Waals surface area contributed by atoms with Crippen molar-refractivity contribution in [2.75, 3.05) is 5.32 Å². The van der Waals surface area contributed by atoms with Crippen molar-refractivity contribution >= 4 is 29.2 Å². The third-order valence-corrected chi connectivity index (χ3v) is 4.83. The second-order valence-corrected chi connectivity index (χ2v) is 6.17. The van der Waals surface area contributed by atoms with Crippen LogP contribution in [0.15, 0.2) is 30.4 Å². The molecular formula is C16H16ClNO3. The number of rotatable bonds is 3. The molecule has 110 valence electrons. The minimum absolute atomic E-state index is 0.0129. The smallest absolute Gasteiger partial charge is 0.307 e. The number of benzene rings is 1. The van der Waals surface area contributed by atoms with Crippen LogP contribution in [-0.2, 0) is 9.59 Å². The van der Waals surface area contributed by atoms with Crippen LogP contribution < -0.4 is 5.32 Å². The number of amides is 1. The van der Waals surface area contributed by atoms with E-state index in [-0.39, 0.29) is 17.7 Å².